The van der Waals surface area contributed by atoms with E-state index >= 15 is 0 Å². The molecular formula is C26H23N3O2S. The summed E-state index contributed by atoms with van der Waals surface area (Å²) in [4.78, 5) is 29.2. The van der Waals surface area contributed by atoms with Gasteiger partial charge in [-0.05, 0) is 72.8 Å². The average molecular weight is 442 g/mol. The third-order valence-corrected chi connectivity index (χ3v) is 6.81. The molecule has 6 heteroatoms. The largest absolute Gasteiger partial charge is 0.344 e. The van der Waals surface area contributed by atoms with Gasteiger partial charge in [0.15, 0.2) is 0 Å². The maximum atomic E-state index is 13.4. The Kier molecular flexibility index (Phi) is 5.15. The first-order valence-electron chi connectivity index (χ1n) is 10.5. The quantitative estimate of drug-likeness (QED) is 0.448. The van der Waals surface area contributed by atoms with Gasteiger partial charge < -0.3 is 14.8 Å². The first-order valence-corrected chi connectivity index (χ1v) is 11.4. The first kappa shape index (κ1) is 20.3. The Balaban J connectivity index is 1.38. The van der Waals surface area contributed by atoms with Crippen molar-refractivity contribution in [2.24, 2.45) is 0 Å². The Morgan fingerprint density at radius 1 is 0.906 bits per heavy atom. The van der Waals surface area contributed by atoms with Crippen molar-refractivity contribution >= 4 is 34.5 Å². The molecule has 0 radical (unpaired) electrons. The van der Waals surface area contributed by atoms with Crippen LogP contribution < -0.4 is 10.2 Å². The van der Waals surface area contributed by atoms with E-state index in [-0.39, 0.29) is 11.8 Å². The van der Waals surface area contributed by atoms with Gasteiger partial charge in [0, 0.05) is 33.6 Å². The van der Waals surface area contributed by atoms with E-state index in [0.717, 1.165) is 29.1 Å². The first-order chi connectivity index (χ1) is 15.5. The summed E-state index contributed by atoms with van der Waals surface area (Å²) in [6.45, 7) is 5.17. The van der Waals surface area contributed by atoms with Gasteiger partial charge in [0.25, 0.3) is 11.8 Å². The smallest absolute Gasteiger partial charge is 0.258 e. The number of carbonyl (C=O) groups excluding carboxylic acids is 2. The highest BCUT2D eigenvalue weighted by Gasteiger charge is 2.25. The minimum absolute atomic E-state index is 0.0491. The van der Waals surface area contributed by atoms with Crippen LogP contribution in [0.3, 0.4) is 0 Å². The standard InChI is InChI=1S/C26H23N3O2S/c1-17-5-3-6-18(2)24(17)25(30)27-20-10-8-19(9-11-20)26(31)29-15-21-7-4-13-28(21)16-23-22(29)12-14-32-23/h3-14H,15-16H2,1-2H3,(H,27,30). The predicted molar refractivity (Wildman–Crippen MR) is 129 cm³/mol. The fourth-order valence-electron chi connectivity index (χ4n) is 4.24. The Morgan fingerprint density at radius 3 is 2.41 bits per heavy atom. The number of rotatable bonds is 3. The summed E-state index contributed by atoms with van der Waals surface area (Å²) < 4.78 is 2.19. The number of aromatic nitrogens is 1. The predicted octanol–water partition coefficient (Wildman–Crippen LogP) is 5.63. The highest BCUT2D eigenvalue weighted by atomic mass is 32.1. The molecular weight excluding hydrogens is 418 g/mol. The molecule has 3 heterocycles. The lowest BCUT2D eigenvalue weighted by Gasteiger charge is -2.21. The van der Waals surface area contributed by atoms with Crippen molar-refractivity contribution in [3.63, 3.8) is 0 Å². The fourth-order valence-corrected chi connectivity index (χ4v) is 5.12. The van der Waals surface area contributed by atoms with E-state index in [0.29, 0.717) is 23.4 Å². The minimum Gasteiger partial charge on any atom is -0.344 e. The van der Waals surface area contributed by atoms with Gasteiger partial charge in [0.2, 0.25) is 0 Å². The molecule has 32 heavy (non-hydrogen) atoms. The van der Waals surface area contributed by atoms with Crippen molar-refractivity contribution in [1.29, 1.82) is 0 Å². The van der Waals surface area contributed by atoms with Crippen LogP contribution in [0.15, 0.2) is 72.2 Å². The Hall–Kier alpha value is -3.64. The molecule has 0 atom stereocenters. The van der Waals surface area contributed by atoms with E-state index in [4.69, 9.17) is 0 Å². The number of aryl methyl sites for hydroxylation is 2. The number of hydrogen-bond donors (Lipinski definition) is 1. The zero-order valence-corrected chi connectivity index (χ0v) is 18.8. The molecule has 1 aliphatic rings. The van der Waals surface area contributed by atoms with Crippen molar-refractivity contribution in [3.8, 4) is 0 Å². The van der Waals surface area contributed by atoms with Gasteiger partial charge >= 0.3 is 0 Å². The second-order valence-electron chi connectivity index (χ2n) is 8.05. The Bertz CT molecular complexity index is 1300. The topological polar surface area (TPSA) is 54.3 Å². The molecule has 2 aromatic carbocycles. The number of hydrogen-bond acceptors (Lipinski definition) is 3. The second kappa shape index (κ2) is 8.13. The lowest BCUT2D eigenvalue weighted by atomic mass is 10.0. The molecule has 2 aromatic heterocycles. The SMILES string of the molecule is Cc1cccc(C)c1C(=O)Nc1ccc(C(=O)N2Cc3cccn3Cc3sccc32)cc1. The van der Waals surface area contributed by atoms with Gasteiger partial charge in [-0.25, -0.2) is 0 Å². The molecule has 1 aliphatic heterocycles. The molecule has 0 saturated heterocycles. The number of nitrogens with one attached hydrogen (secondary N) is 1. The van der Waals surface area contributed by atoms with Crippen molar-refractivity contribution in [2.75, 3.05) is 10.2 Å². The van der Waals surface area contributed by atoms with Crippen molar-refractivity contribution in [3.05, 3.63) is 105 Å². The number of nitrogens with zero attached hydrogens (tertiary/aromatic N) is 2. The Labute approximate surface area is 190 Å². The number of amides is 2. The Morgan fingerprint density at radius 2 is 1.66 bits per heavy atom. The van der Waals surface area contributed by atoms with Crippen LogP contribution in [0, 0.1) is 13.8 Å². The second-order valence-corrected chi connectivity index (χ2v) is 9.05. The van der Waals surface area contributed by atoms with Crippen LogP contribution in [0.4, 0.5) is 11.4 Å². The van der Waals surface area contributed by atoms with Crippen LogP contribution in [-0.2, 0) is 13.1 Å². The van der Waals surface area contributed by atoms with Crippen LogP contribution in [0.2, 0.25) is 0 Å². The highest BCUT2D eigenvalue weighted by molar-refractivity contribution is 7.10. The zero-order chi connectivity index (χ0) is 22.2. The monoisotopic (exact) mass is 441 g/mol. The molecule has 0 saturated carbocycles. The van der Waals surface area contributed by atoms with Crippen LogP contribution in [0.1, 0.15) is 42.4 Å². The average Bonchev–Trinajstić information content (AvgIpc) is 3.39. The van der Waals surface area contributed by atoms with Gasteiger partial charge in [-0.1, -0.05) is 18.2 Å². The zero-order valence-electron chi connectivity index (χ0n) is 18.0. The van der Waals surface area contributed by atoms with Gasteiger partial charge in [0.1, 0.15) is 0 Å². The lowest BCUT2D eigenvalue weighted by molar-refractivity contribution is 0.0984. The van der Waals surface area contributed by atoms with Crippen LogP contribution in [-0.4, -0.2) is 16.4 Å². The molecule has 0 spiro atoms. The normalized spacial score (nSPS) is 12.6. The molecule has 5 nitrogen and oxygen atoms in total. The number of fused-ring (bicyclic) bond motifs is 2. The van der Waals surface area contributed by atoms with E-state index in [1.807, 2.05) is 54.5 Å². The van der Waals surface area contributed by atoms with E-state index in [9.17, 15) is 9.59 Å². The van der Waals surface area contributed by atoms with E-state index in [2.05, 4.69) is 22.1 Å². The minimum atomic E-state index is -0.143. The van der Waals surface area contributed by atoms with E-state index in [1.165, 1.54) is 4.88 Å². The summed E-state index contributed by atoms with van der Waals surface area (Å²) in [6.07, 6.45) is 2.06. The molecule has 0 aliphatic carbocycles. The van der Waals surface area contributed by atoms with Crippen LogP contribution in [0.25, 0.3) is 0 Å². The highest BCUT2D eigenvalue weighted by Crippen LogP contribution is 2.33. The van der Waals surface area contributed by atoms with Gasteiger partial charge in [-0.3, -0.25) is 9.59 Å². The molecule has 1 N–H and O–H groups in total. The number of carbonyl (C=O) groups is 2. The fraction of sp³-hybridized carbons (Fsp3) is 0.154. The van der Waals surface area contributed by atoms with E-state index in [1.54, 1.807) is 35.6 Å². The van der Waals surface area contributed by atoms with Crippen LogP contribution in [0.5, 0.6) is 0 Å². The van der Waals surface area contributed by atoms with Crippen molar-refractivity contribution < 1.29 is 9.59 Å². The third kappa shape index (κ3) is 3.63. The number of thiophene rings is 1. The summed E-state index contributed by atoms with van der Waals surface area (Å²) in [7, 11) is 0. The van der Waals surface area contributed by atoms with E-state index < -0.39 is 0 Å². The number of anilines is 2. The summed E-state index contributed by atoms with van der Waals surface area (Å²) in [6, 6.07) is 19.0. The number of benzene rings is 2. The van der Waals surface area contributed by atoms with Gasteiger partial charge in [-0.15, -0.1) is 11.3 Å². The summed E-state index contributed by atoms with van der Waals surface area (Å²) in [5, 5.41) is 4.98. The summed E-state index contributed by atoms with van der Waals surface area (Å²) in [5.41, 5.74) is 5.89. The maximum absolute atomic E-state index is 13.4. The van der Waals surface area contributed by atoms with Crippen LogP contribution >= 0.6 is 11.3 Å². The molecule has 0 unspecified atom stereocenters. The third-order valence-electron chi connectivity index (χ3n) is 5.91. The molecule has 2 amide bonds. The summed E-state index contributed by atoms with van der Waals surface area (Å²) in [5.74, 6) is -0.192. The summed E-state index contributed by atoms with van der Waals surface area (Å²) >= 11 is 1.67. The molecule has 5 rings (SSSR count). The van der Waals surface area contributed by atoms with Crippen molar-refractivity contribution in [2.45, 2.75) is 26.9 Å². The molecule has 0 fully saturated rings. The molecule has 4 aromatic rings. The van der Waals surface area contributed by atoms with Crippen molar-refractivity contribution in [1.82, 2.24) is 4.57 Å². The van der Waals surface area contributed by atoms with Gasteiger partial charge in [0.05, 0.1) is 18.8 Å². The van der Waals surface area contributed by atoms with Gasteiger partial charge in [-0.2, -0.15) is 0 Å². The maximum Gasteiger partial charge on any atom is 0.258 e. The molecule has 0 bridgehead atoms. The lowest BCUT2D eigenvalue weighted by Crippen LogP contribution is -2.30. The molecule has 160 valence electrons.